The van der Waals surface area contributed by atoms with E-state index in [0.717, 1.165) is 31.6 Å². The molecule has 0 saturated carbocycles. The minimum Gasteiger partial charge on any atom is -0.487 e. The zero-order chi connectivity index (χ0) is 13.6. The predicted octanol–water partition coefficient (Wildman–Crippen LogP) is 2.63. The molecule has 2 N–H and O–H groups in total. The van der Waals surface area contributed by atoms with E-state index >= 15 is 0 Å². The normalized spacial score (nSPS) is 34.9. The van der Waals surface area contributed by atoms with Crippen LogP contribution in [-0.2, 0) is 0 Å². The average Bonchev–Trinajstić information content (AvgIpc) is 2.36. The van der Waals surface area contributed by atoms with Gasteiger partial charge in [-0.3, -0.25) is 0 Å². The Balaban J connectivity index is 1.90. The average molecular weight is 260 g/mol. The van der Waals surface area contributed by atoms with Crippen molar-refractivity contribution in [3.8, 4) is 5.75 Å². The molecule has 0 radical (unpaired) electrons. The molecular weight excluding hydrogens is 236 g/mol. The van der Waals surface area contributed by atoms with E-state index in [1.807, 2.05) is 0 Å². The maximum absolute atomic E-state index is 6.41. The molecule has 1 aromatic rings. The lowest BCUT2D eigenvalue weighted by molar-refractivity contribution is -0.0357. The molecule has 0 aliphatic carbocycles. The molecule has 104 valence electrons. The fraction of sp³-hybridized carbons (Fsp3) is 0.625. The van der Waals surface area contributed by atoms with Crippen LogP contribution in [0.1, 0.15) is 43.4 Å². The van der Waals surface area contributed by atoms with Crippen LogP contribution >= 0.6 is 0 Å². The van der Waals surface area contributed by atoms with Gasteiger partial charge in [0.25, 0.3) is 0 Å². The van der Waals surface area contributed by atoms with Crippen LogP contribution in [0.25, 0.3) is 0 Å². The van der Waals surface area contributed by atoms with Gasteiger partial charge in [-0.15, -0.1) is 0 Å². The Hall–Kier alpha value is -1.06. The van der Waals surface area contributed by atoms with Crippen molar-refractivity contribution >= 4 is 0 Å². The lowest BCUT2D eigenvalue weighted by atomic mass is 9.78. The molecule has 2 aliphatic rings. The van der Waals surface area contributed by atoms with Crippen molar-refractivity contribution < 1.29 is 4.74 Å². The standard InChI is InChI=1S/C16H24N2O/c1-11-4-5-15-13(8-11)14(17)10-16(19-15)6-7-18(3)12(2)9-16/h4-5,8,12,14H,6-7,9-10,17H2,1-3H3/t12?,14-,16?/m1/s1. The first-order valence-electron chi connectivity index (χ1n) is 7.24. The quantitative estimate of drug-likeness (QED) is 0.779. The Morgan fingerprint density at radius 2 is 2.16 bits per heavy atom. The summed E-state index contributed by atoms with van der Waals surface area (Å²) in [7, 11) is 2.19. The van der Waals surface area contributed by atoms with Crippen LogP contribution in [0.15, 0.2) is 18.2 Å². The van der Waals surface area contributed by atoms with E-state index in [-0.39, 0.29) is 11.6 Å². The van der Waals surface area contributed by atoms with Crippen molar-refractivity contribution in [1.82, 2.24) is 4.90 Å². The highest BCUT2D eigenvalue weighted by Gasteiger charge is 2.43. The maximum atomic E-state index is 6.41. The van der Waals surface area contributed by atoms with Gasteiger partial charge in [-0.1, -0.05) is 17.7 Å². The monoisotopic (exact) mass is 260 g/mol. The second-order valence-corrected chi connectivity index (χ2v) is 6.42. The number of fused-ring (bicyclic) bond motifs is 1. The highest BCUT2D eigenvalue weighted by Crippen LogP contribution is 2.44. The highest BCUT2D eigenvalue weighted by atomic mass is 16.5. The number of likely N-dealkylation sites (tertiary alicyclic amines) is 1. The Labute approximate surface area is 115 Å². The van der Waals surface area contributed by atoms with E-state index in [2.05, 4.69) is 44.0 Å². The van der Waals surface area contributed by atoms with Crippen molar-refractivity contribution in [3.05, 3.63) is 29.3 Å². The van der Waals surface area contributed by atoms with Gasteiger partial charge in [-0.2, -0.15) is 0 Å². The lowest BCUT2D eigenvalue weighted by Crippen LogP contribution is -2.53. The van der Waals surface area contributed by atoms with E-state index < -0.39 is 0 Å². The van der Waals surface area contributed by atoms with Crippen molar-refractivity contribution in [2.45, 2.75) is 50.8 Å². The van der Waals surface area contributed by atoms with Gasteiger partial charge in [0, 0.05) is 37.0 Å². The van der Waals surface area contributed by atoms with Crippen molar-refractivity contribution in [2.75, 3.05) is 13.6 Å². The minimum absolute atomic E-state index is 0.0480. The molecule has 2 heterocycles. The summed E-state index contributed by atoms with van der Waals surface area (Å²) < 4.78 is 6.40. The van der Waals surface area contributed by atoms with Crippen LogP contribution < -0.4 is 10.5 Å². The molecule has 3 rings (SSSR count). The molecule has 1 fully saturated rings. The predicted molar refractivity (Wildman–Crippen MR) is 77.4 cm³/mol. The minimum atomic E-state index is -0.0480. The molecular formula is C16H24N2O. The first-order valence-corrected chi connectivity index (χ1v) is 7.24. The first-order chi connectivity index (χ1) is 8.99. The molecule has 2 aliphatic heterocycles. The van der Waals surface area contributed by atoms with Crippen molar-refractivity contribution in [3.63, 3.8) is 0 Å². The zero-order valence-corrected chi connectivity index (χ0v) is 12.1. The number of nitrogens with zero attached hydrogens (tertiary/aromatic N) is 1. The van der Waals surface area contributed by atoms with Crippen molar-refractivity contribution in [1.29, 1.82) is 0 Å². The Morgan fingerprint density at radius 3 is 2.89 bits per heavy atom. The number of ether oxygens (including phenoxy) is 1. The smallest absolute Gasteiger partial charge is 0.124 e. The molecule has 0 amide bonds. The van der Waals surface area contributed by atoms with E-state index in [0.29, 0.717) is 6.04 Å². The SMILES string of the molecule is Cc1ccc2c(c1)[C@H](N)CC1(CCN(C)C(C)C1)O2. The lowest BCUT2D eigenvalue weighted by Gasteiger charge is -2.48. The van der Waals surface area contributed by atoms with E-state index in [4.69, 9.17) is 10.5 Å². The third kappa shape index (κ3) is 2.26. The van der Waals surface area contributed by atoms with Gasteiger partial charge in [0.15, 0.2) is 0 Å². The molecule has 1 aromatic carbocycles. The number of piperidine rings is 1. The largest absolute Gasteiger partial charge is 0.487 e. The molecule has 0 bridgehead atoms. The second kappa shape index (κ2) is 4.50. The van der Waals surface area contributed by atoms with Gasteiger partial charge in [0.2, 0.25) is 0 Å². The maximum Gasteiger partial charge on any atom is 0.124 e. The number of benzene rings is 1. The number of hydrogen-bond donors (Lipinski definition) is 1. The van der Waals surface area contributed by atoms with Crippen LogP contribution in [0.2, 0.25) is 0 Å². The van der Waals surface area contributed by atoms with E-state index in [9.17, 15) is 0 Å². The molecule has 1 spiro atoms. The number of nitrogens with two attached hydrogens (primary N) is 1. The van der Waals surface area contributed by atoms with Gasteiger partial charge in [0.1, 0.15) is 11.4 Å². The van der Waals surface area contributed by atoms with E-state index in [1.165, 1.54) is 11.1 Å². The first kappa shape index (κ1) is 12.9. The van der Waals surface area contributed by atoms with Crippen LogP contribution in [0.5, 0.6) is 5.75 Å². The molecule has 3 atom stereocenters. The summed E-state index contributed by atoms with van der Waals surface area (Å²) in [5.74, 6) is 1.00. The second-order valence-electron chi connectivity index (χ2n) is 6.42. The molecule has 0 aromatic heterocycles. The number of hydrogen-bond acceptors (Lipinski definition) is 3. The number of rotatable bonds is 0. The summed E-state index contributed by atoms with van der Waals surface area (Å²) >= 11 is 0. The highest BCUT2D eigenvalue weighted by molar-refractivity contribution is 5.41. The number of aryl methyl sites for hydroxylation is 1. The Kier molecular flexibility index (Phi) is 3.06. The summed E-state index contributed by atoms with van der Waals surface area (Å²) in [4.78, 5) is 2.41. The Bertz CT molecular complexity index is 488. The van der Waals surface area contributed by atoms with Crippen molar-refractivity contribution in [2.24, 2.45) is 5.73 Å². The third-order valence-corrected chi connectivity index (χ3v) is 4.82. The van der Waals surface area contributed by atoms with Crippen LogP contribution in [0.3, 0.4) is 0 Å². The molecule has 3 heteroatoms. The summed E-state index contributed by atoms with van der Waals surface area (Å²) in [5.41, 5.74) is 8.79. The summed E-state index contributed by atoms with van der Waals surface area (Å²) in [6.07, 6.45) is 3.10. The summed E-state index contributed by atoms with van der Waals surface area (Å²) in [6.45, 7) is 5.48. The topological polar surface area (TPSA) is 38.5 Å². The molecule has 2 unspecified atom stereocenters. The fourth-order valence-corrected chi connectivity index (χ4v) is 3.51. The molecule has 3 nitrogen and oxygen atoms in total. The van der Waals surface area contributed by atoms with Gasteiger partial charge >= 0.3 is 0 Å². The van der Waals surface area contributed by atoms with Gasteiger partial charge < -0.3 is 15.4 Å². The van der Waals surface area contributed by atoms with E-state index in [1.54, 1.807) is 0 Å². The van der Waals surface area contributed by atoms with Gasteiger partial charge in [-0.25, -0.2) is 0 Å². The van der Waals surface area contributed by atoms with Crippen LogP contribution in [0.4, 0.5) is 0 Å². The zero-order valence-electron chi connectivity index (χ0n) is 12.1. The molecule has 1 saturated heterocycles. The molecule has 19 heavy (non-hydrogen) atoms. The summed E-state index contributed by atoms with van der Waals surface area (Å²) in [5, 5.41) is 0. The third-order valence-electron chi connectivity index (χ3n) is 4.82. The fourth-order valence-electron chi connectivity index (χ4n) is 3.51. The van der Waals surface area contributed by atoms with Crippen LogP contribution in [-0.4, -0.2) is 30.1 Å². The van der Waals surface area contributed by atoms with Crippen LogP contribution in [0, 0.1) is 6.92 Å². The Morgan fingerprint density at radius 1 is 1.37 bits per heavy atom. The van der Waals surface area contributed by atoms with Gasteiger partial charge in [-0.05, 0) is 33.4 Å². The summed E-state index contributed by atoms with van der Waals surface area (Å²) in [6, 6.07) is 7.05. The van der Waals surface area contributed by atoms with Gasteiger partial charge in [0.05, 0.1) is 0 Å².